The van der Waals surface area contributed by atoms with Crippen molar-refractivity contribution in [2.24, 2.45) is 0 Å². The molecular weight excluding hydrogens is 468 g/mol. The number of nitrogens with one attached hydrogen (secondary N) is 1. The summed E-state index contributed by atoms with van der Waals surface area (Å²) >= 11 is 0. The van der Waals surface area contributed by atoms with Crippen molar-refractivity contribution in [2.45, 2.75) is 91.1 Å². The van der Waals surface area contributed by atoms with Crippen LogP contribution in [-0.2, 0) is 24.5 Å². The Morgan fingerprint density at radius 2 is 1.47 bits per heavy atom. The van der Waals surface area contributed by atoms with Gasteiger partial charge in [0.05, 0.1) is 18.2 Å². The van der Waals surface area contributed by atoms with Gasteiger partial charge in [0.1, 0.15) is 16.8 Å². The lowest BCUT2D eigenvalue weighted by atomic mass is 9.87. The first-order valence-electron chi connectivity index (χ1n) is 11.4. The van der Waals surface area contributed by atoms with Crippen molar-refractivity contribution in [3.8, 4) is 6.07 Å². The Kier molecular flexibility index (Phi) is 7.64. The third kappa shape index (κ3) is 6.24. The van der Waals surface area contributed by atoms with Crippen LogP contribution in [0.15, 0.2) is 24.3 Å². The maximum absolute atomic E-state index is 14.0. The summed E-state index contributed by atoms with van der Waals surface area (Å²) in [5.74, 6) is -0.971. The smallest absolute Gasteiger partial charge is 0.430 e. The largest absolute Gasteiger partial charge is 0.443 e. The molecule has 0 aromatic heterocycles. The molecule has 196 valence electrons. The lowest BCUT2D eigenvalue weighted by Crippen LogP contribution is -2.63. The first-order valence-corrected chi connectivity index (χ1v) is 11.4. The van der Waals surface area contributed by atoms with E-state index < -0.39 is 52.9 Å². The molecule has 11 nitrogen and oxygen atoms in total. The molecule has 1 aliphatic heterocycles. The highest BCUT2D eigenvalue weighted by Gasteiger charge is 2.60. The van der Waals surface area contributed by atoms with Crippen molar-refractivity contribution in [1.82, 2.24) is 10.4 Å². The lowest BCUT2D eigenvalue weighted by molar-refractivity contribution is -0.131. The molecule has 1 N–H and O–H groups in total. The topological polar surface area (TPSA) is 138 Å². The molecule has 11 heteroatoms. The van der Waals surface area contributed by atoms with Gasteiger partial charge < -0.3 is 14.2 Å². The molecule has 1 aromatic carbocycles. The van der Waals surface area contributed by atoms with Gasteiger partial charge in [-0.3, -0.25) is 4.79 Å². The average Bonchev–Trinajstić information content (AvgIpc) is 2.91. The summed E-state index contributed by atoms with van der Waals surface area (Å²) < 4.78 is 16.2. The van der Waals surface area contributed by atoms with Crippen LogP contribution in [0.25, 0.3) is 0 Å². The fraction of sp³-hybridized carbons (Fsp3) is 0.560. The van der Waals surface area contributed by atoms with Gasteiger partial charge in [0.2, 0.25) is 0 Å². The number of imide groups is 1. The van der Waals surface area contributed by atoms with E-state index in [2.05, 4.69) is 5.43 Å². The van der Waals surface area contributed by atoms with E-state index in [-0.39, 0.29) is 11.3 Å². The number of amides is 4. The van der Waals surface area contributed by atoms with Gasteiger partial charge in [0.25, 0.3) is 5.91 Å². The van der Waals surface area contributed by atoms with Gasteiger partial charge in [-0.1, -0.05) is 18.2 Å². The Morgan fingerprint density at radius 3 is 1.97 bits per heavy atom. The molecule has 36 heavy (non-hydrogen) atoms. The maximum Gasteiger partial charge on any atom is 0.430 e. The fourth-order valence-corrected chi connectivity index (χ4v) is 3.49. The summed E-state index contributed by atoms with van der Waals surface area (Å²) in [6.07, 6.45) is -3.80. The standard InChI is InChI=1S/C25H34N4O7/c1-22(2,3)34-19(31)27-29(21(33)36-24(7,8)9)25(14-15-26)16-12-10-11-13-17(16)28(18(25)30)20(32)35-23(4,5)6/h10-13H,14H2,1-9H3,(H,27,31)/t25-/m1/s1. The minimum Gasteiger partial charge on any atom is -0.443 e. The summed E-state index contributed by atoms with van der Waals surface area (Å²) in [5, 5.41) is 10.4. The Balaban J connectivity index is 2.75. The monoisotopic (exact) mass is 502 g/mol. The molecular formula is C25H34N4O7. The molecule has 0 saturated carbocycles. The number of nitriles is 1. The summed E-state index contributed by atoms with van der Waals surface area (Å²) in [5.41, 5.74) is -2.53. The van der Waals surface area contributed by atoms with Gasteiger partial charge >= 0.3 is 18.3 Å². The van der Waals surface area contributed by atoms with E-state index in [1.165, 1.54) is 12.1 Å². The van der Waals surface area contributed by atoms with Crippen molar-refractivity contribution < 1.29 is 33.4 Å². The number of hydrogen-bond donors (Lipinski definition) is 1. The molecule has 0 saturated heterocycles. The number of carbonyl (C=O) groups is 4. The first kappa shape index (κ1) is 28.4. The molecule has 4 amide bonds. The predicted molar refractivity (Wildman–Crippen MR) is 130 cm³/mol. The minimum absolute atomic E-state index is 0.103. The number of anilines is 1. The zero-order valence-corrected chi connectivity index (χ0v) is 22.2. The highest BCUT2D eigenvalue weighted by atomic mass is 16.6. The normalized spacial score (nSPS) is 17.6. The number of para-hydroxylation sites is 1. The van der Waals surface area contributed by atoms with Crippen molar-refractivity contribution in [2.75, 3.05) is 4.90 Å². The van der Waals surface area contributed by atoms with Gasteiger partial charge in [-0.05, 0) is 68.4 Å². The summed E-state index contributed by atoms with van der Waals surface area (Å²) in [6.45, 7) is 14.6. The molecule has 0 radical (unpaired) electrons. The number of hydrogen-bond acceptors (Lipinski definition) is 8. The average molecular weight is 503 g/mol. The second kappa shape index (κ2) is 9.68. The second-order valence-corrected chi connectivity index (χ2v) is 11.3. The van der Waals surface area contributed by atoms with Crippen LogP contribution < -0.4 is 10.3 Å². The van der Waals surface area contributed by atoms with E-state index in [1.54, 1.807) is 74.4 Å². The van der Waals surface area contributed by atoms with Crippen LogP contribution in [0.4, 0.5) is 20.1 Å². The molecule has 0 unspecified atom stereocenters. The zero-order chi connectivity index (χ0) is 27.7. The van der Waals surface area contributed by atoms with Gasteiger partial charge in [-0.15, -0.1) is 0 Å². The SMILES string of the molecule is CC(C)(C)OC(=O)NN(C(=O)OC(C)(C)C)[C@@]1(CC#N)C(=O)N(C(=O)OC(C)(C)C)c2ccccc21. The third-order valence-electron chi connectivity index (χ3n) is 4.62. The van der Waals surface area contributed by atoms with Crippen LogP contribution in [0.5, 0.6) is 0 Å². The summed E-state index contributed by atoms with van der Waals surface area (Å²) in [4.78, 5) is 54.1. The molecule has 1 aliphatic rings. The number of fused-ring (bicyclic) bond motifs is 1. The molecule has 1 atom stereocenters. The van der Waals surface area contributed by atoms with Gasteiger partial charge in [0.15, 0.2) is 5.54 Å². The van der Waals surface area contributed by atoms with Crippen LogP contribution in [-0.4, -0.2) is 46.0 Å². The highest BCUT2D eigenvalue weighted by molar-refractivity contribution is 6.21. The highest BCUT2D eigenvalue weighted by Crippen LogP contribution is 2.46. The Hall–Kier alpha value is -3.81. The van der Waals surface area contributed by atoms with Gasteiger partial charge in [0, 0.05) is 5.56 Å². The molecule has 0 aliphatic carbocycles. The molecule has 0 spiro atoms. The fourth-order valence-electron chi connectivity index (χ4n) is 3.49. The van der Waals surface area contributed by atoms with E-state index >= 15 is 0 Å². The van der Waals surface area contributed by atoms with Crippen molar-refractivity contribution in [3.63, 3.8) is 0 Å². The predicted octanol–water partition coefficient (Wildman–Crippen LogP) is 4.75. The van der Waals surface area contributed by atoms with Crippen LogP contribution >= 0.6 is 0 Å². The Bertz CT molecular complexity index is 1090. The van der Waals surface area contributed by atoms with Gasteiger partial charge in [-0.25, -0.2) is 24.7 Å². The Labute approximate surface area is 211 Å². The number of benzene rings is 1. The first-order chi connectivity index (χ1) is 16.3. The van der Waals surface area contributed by atoms with Crippen LogP contribution in [0.2, 0.25) is 0 Å². The van der Waals surface area contributed by atoms with Crippen LogP contribution in [0.1, 0.15) is 74.3 Å². The van der Waals surface area contributed by atoms with Gasteiger partial charge in [-0.2, -0.15) is 10.3 Å². The number of rotatable bonds is 2. The molecule has 2 rings (SSSR count). The number of nitrogens with zero attached hydrogens (tertiary/aromatic N) is 3. The number of carbonyl (C=O) groups excluding carboxylic acids is 4. The van der Waals surface area contributed by atoms with E-state index in [0.717, 1.165) is 4.90 Å². The third-order valence-corrected chi connectivity index (χ3v) is 4.62. The molecule has 0 bridgehead atoms. The van der Waals surface area contributed by atoms with Crippen molar-refractivity contribution in [3.05, 3.63) is 29.8 Å². The summed E-state index contributed by atoms with van der Waals surface area (Å²) in [7, 11) is 0. The van der Waals surface area contributed by atoms with Crippen molar-refractivity contribution >= 4 is 29.9 Å². The lowest BCUT2D eigenvalue weighted by Gasteiger charge is -2.39. The second-order valence-electron chi connectivity index (χ2n) is 11.3. The number of hydrazine groups is 1. The molecule has 0 fully saturated rings. The summed E-state index contributed by atoms with van der Waals surface area (Å²) in [6, 6.07) is 8.05. The molecule has 1 aromatic rings. The Morgan fingerprint density at radius 1 is 0.944 bits per heavy atom. The maximum atomic E-state index is 14.0. The van der Waals surface area contributed by atoms with E-state index in [9.17, 15) is 24.4 Å². The van der Waals surface area contributed by atoms with E-state index in [0.29, 0.717) is 5.01 Å². The van der Waals surface area contributed by atoms with Crippen LogP contribution in [0.3, 0.4) is 0 Å². The van der Waals surface area contributed by atoms with Crippen LogP contribution in [0, 0.1) is 11.3 Å². The molecule has 1 heterocycles. The van der Waals surface area contributed by atoms with E-state index in [1.807, 2.05) is 6.07 Å². The quantitative estimate of drug-likeness (QED) is 0.451. The minimum atomic E-state index is -2.15. The zero-order valence-electron chi connectivity index (χ0n) is 22.2. The number of ether oxygens (including phenoxy) is 3. The van der Waals surface area contributed by atoms with Crippen molar-refractivity contribution in [1.29, 1.82) is 5.26 Å². The van der Waals surface area contributed by atoms with E-state index in [4.69, 9.17) is 14.2 Å².